The Kier molecular flexibility index (Phi) is 2.92. The average Bonchev–Trinajstić information content (AvgIpc) is 2.62. The zero-order valence-corrected chi connectivity index (χ0v) is 9.13. The van der Waals surface area contributed by atoms with Gasteiger partial charge < -0.3 is 4.90 Å². The summed E-state index contributed by atoms with van der Waals surface area (Å²) >= 11 is 0. The van der Waals surface area contributed by atoms with Crippen LogP contribution in [-0.4, -0.2) is 24.0 Å². The molecule has 0 aromatic rings. The number of rotatable bonds is 1. The summed E-state index contributed by atoms with van der Waals surface area (Å²) < 4.78 is 0. The van der Waals surface area contributed by atoms with Crippen LogP contribution in [0.5, 0.6) is 0 Å². The van der Waals surface area contributed by atoms with E-state index in [0.717, 1.165) is 17.9 Å². The van der Waals surface area contributed by atoms with Crippen LogP contribution in [0.4, 0.5) is 0 Å². The van der Waals surface area contributed by atoms with Gasteiger partial charge in [0.05, 0.1) is 0 Å². The van der Waals surface area contributed by atoms with Crippen molar-refractivity contribution in [1.82, 2.24) is 4.90 Å². The van der Waals surface area contributed by atoms with Gasteiger partial charge in [0.25, 0.3) is 0 Å². The number of nitrogens with zero attached hydrogens (tertiary/aromatic N) is 1. The van der Waals surface area contributed by atoms with Crippen LogP contribution < -0.4 is 0 Å². The Morgan fingerprint density at radius 3 is 2.23 bits per heavy atom. The first-order valence-corrected chi connectivity index (χ1v) is 6.01. The molecule has 1 heterocycles. The lowest BCUT2D eigenvalue weighted by atomic mass is 9.88. The summed E-state index contributed by atoms with van der Waals surface area (Å²) in [5.41, 5.74) is 0. The van der Waals surface area contributed by atoms with E-state index < -0.39 is 0 Å². The van der Waals surface area contributed by atoms with Gasteiger partial charge in [0, 0.05) is 12.6 Å². The van der Waals surface area contributed by atoms with Crippen LogP contribution in [0.25, 0.3) is 0 Å². The van der Waals surface area contributed by atoms with Gasteiger partial charge in [0.2, 0.25) is 0 Å². The first-order chi connectivity index (χ1) is 6.27. The zero-order chi connectivity index (χ0) is 9.26. The maximum Gasteiger partial charge on any atom is 0.00953 e. The van der Waals surface area contributed by atoms with Gasteiger partial charge in [-0.15, -0.1) is 0 Å². The molecule has 0 aromatic heterocycles. The van der Waals surface area contributed by atoms with Crippen LogP contribution in [0, 0.1) is 11.8 Å². The topological polar surface area (TPSA) is 3.24 Å². The maximum atomic E-state index is 2.76. The fourth-order valence-corrected chi connectivity index (χ4v) is 2.90. The number of hydrogen-bond donors (Lipinski definition) is 0. The second-order valence-corrected chi connectivity index (χ2v) is 5.18. The molecule has 1 saturated carbocycles. The summed E-state index contributed by atoms with van der Waals surface area (Å²) in [6.07, 6.45) is 7.33. The minimum Gasteiger partial charge on any atom is -0.300 e. The summed E-state index contributed by atoms with van der Waals surface area (Å²) in [7, 11) is 0. The van der Waals surface area contributed by atoms with Crippen LogP contribution >= 0.6 is 0 Å². The Hall–Kier alpha value is -0.0400. The van der Waals surface area contributed by atoms with Gasteiger partial charge in [-0.3, -0.25) is 0 Å². The molecule has 0 aromatic carbocycles. The zero-order valence-electron chi connectivity index (χ0n) is 9.13. The van der Waals surface area contributed by atoms with Crippen LogP contribution in [0.1, 0.15) is 46.0 Å². The molecule has 76 valence electrons. The minimum absolute atomic E-state index is 0.925. The number of piperidine rings is 1. The molecule has 1 aliphatic heterocycles. The van der Waals surface area contributed by atoms with Crippen molar-refractivity contribution in [3.63, 3.8) is 0 Å². The summed E-state index contributed by atoms with van der Waals surface area (Å²) in [5, 5.41) is 0. The van der Waals surface area contributed by atoms with E-state index >= 15 is 0 Å². The molecule has 1 nitrogen and oxygen atoms in total. The third-order valence-corrected chi connectivity index (χ3v) is 4.21. The van der Waals surface area contributed by atoms with Crippen molar-refractivity contribution in [2.24, 2.45) is 11.8 Å². The predicted octanol–water partition coefficient (Wildman–Crippen LogP) is 2.91. The molecule has 1 heteroatoms. The van der Waals surface area contributed by atoms with E-state index in [1.165, 1.54) is 45.2 Å². The number of hydrogen-bond acceptors (Lipinski definition) is 1. The van der Waals surface area contributed by atoms with Gasteiger partial charge in [-0.2, -0.15) is 0 Å². The summed E-state index contributed by atoms with van der Waals surface area (Å²) in [4.78, 5) is 2.76. The molecule has 1 aliphatic carbocycles. The Balaban J connectivity index is 1.87. The van der Waals surface area contributed by atoms with Gasteiger partial charge in [0.1, 0.15) is 0 Å². The van der Waals surface area contributed by atoms with E-state index in [4.69, 9.17) is 0 Å². The third kappa shape index (κ3) is 2.07. The maximum absolute atomic E-state index is 2.76. The summed E-state index contributed by atoms with van der Waals surface area (Å²) in [6.45, 7) is 7.57. The number of likely N-dealkylation sites (tertiary alicyclic amines) is 1. The molecule has 0 bridgehead atoms. The molecular formula is C12H23N. The normalized spacial score (nSPS) is 38.3. The largest absolute Gasteiger partial charge is 0.300 e. The van der Waals surface area contributed by atoms with Crippen molar-refractivity contribution in [3.05, 3.63) is 0 Å². The van der Waals surface area contributed by atoms with Gasteiger partial charge >= 0.3 is 0 Å². The van der Waals surface area contributed by atoms with Crippen LogP contribution in [0.2, 0.25) is 0 Å². The fraction of sp³-hybridized carbons (Fsp3) is 1.00. The SMILES string of the molecule is C[C@@H]1CCN(C2CCCC2)C[C@@H]1C. The molecule has 2 aliphatic rings. The molecule has 2 atom stereocenters. The first kappa shape index (κ1) is 9.51. The minimum atomic E-state index is 0.925. The Morgan fingerprint density at radius 2 is 1.62 bits per heavy atom. The van der Waals surface area contributed by atoms with E-state index in [2.05, 4.69) is 18.7 Å². The molecule has 1 saturated heterocycles. The molecule has 2 rings (SSSR count). The Morgan fingerprint density at radius 1 is 0.923 bits per heavy atom. The molecule has 13 heavy (non-hydrogen) atoms. The lowest BCUT2D eigenvalue weighted by molar-refractivity contribution is 0.0977. The molecule has 0 amide bonds. The quantitative estimate of drug-likeness (QED) is 0.601. The van der Waals surface area contributed by atoms with Crippen LogP contribution in [-0.2, 0) is 0 Å². The summed E-state index contributed by atoms with van der Waals surface area (Å²) in [5.74, 6) is 1.88. The smallest absolute Gasteiger partial charge is 0.00953 e. The predicted molar refractivity (Wildman–Crippen MR) is 56.8 cm³/mol. The van der Waals surface area contributed by atoms with Crippen molar-refractivity contribution in [2.75, 3.05) is 13.1 Å². The summed E-state index contributed by atoms with van der Waals surface area (Å²) in [6, 6.07) is 0.954. The first-order valence-electron chi connectivity index (χ1n) is 6.01. The molecule has 0 spiro atoms. The van der Waals surface area contributed by atoms with Gasteiger partial charge in [-0.05, 0) is 37.6 Å². The third-order valence-electron chi connectivity index (χ3n) is 4.21. The lowest BCUT2D eigenvalue weighted by Crippen LogP contribution is -2.43. The van der Waals surface area contributed by atoms with Crippen molar-refractivity contribution >= 4 is 0 Å². The van der Waals surface area contributed by atoms with Gasteiger partial charge in [-0.1, -0.05) is 26.7 Å². The second-order valence-electron chi connectivity index (χ2n) is 5.18. The molecule has 0 radical (unpaired) electrons. The highest BCUT2D eigenvalue weighted by molar-refractivity contribution is 4.83. The van der Waals surface area contributed by atoms with Gasteiger partial charge in [-0.25, -0.2) is 0 Å². The Bertz CT molecular complexity index is 161. The molecule has 0 unspecified atom stereocenters. The van der Waals surface area contributed by atoms with E-state index in [1.54, 1.807) is 0 Å². The fourth-order valence-electron chi connectivity index (χ4n) is 2.90. The van der Waals surface area contributed by atoms with Gasteiger partial charge in [0.15, 0.2) is 0 Å². The van der Waals surface area contributed by atoms with Crippen molar-refractivity contribution in [3.8, 4) is 0 Å². The second kappa shape index (κ2) is 4.00. The van der Waals surface area contributed by atoms with E-state index in [-0.39, 0.29) is 0 Å². The molecule has 2 fully saturated rings. The Labute approximate surface area is 82.5 Å². The van der Waals surface area contributed by atoms with Crippen LogP contribution in [0.15, 0.2) is 0 Å². The average molecular weight is 181 g/mol. The molecular weight excluding hydrogens is 158 g/mol. The molecule has 0 N–H and O–H groups in total. The van der Waals surface area contributed by atoms with Crippen molar-refractivity contribution in [2.45, 2.75) is 52.0 Å². The van der Waals surface area contributed by atoms with E-state index in [0.29, 0.717) is 0 Å². The van der Waals surface area contributed by atoms with E-state index in [1.807, 2.05) is 0 Å². The van der Waals surface area contributed by atoms with Crippen molar-refractivity contribution in [1.29, 1.82) is 0 Å². The standard InChI is InChI=1S/C12H23N/c1-10-7-8-13(9-11(10)2)12-5-3-4-6-12/h10-12H,3-9H2,1-2H3/t10-,11+/m1/s1. The van der Waals surface area contributed by atoms with Crippen LogP contribution in [0.3, 0.4) is 0 Å². The highest BCUT2D eigenvalue weighted by Gasteiger charge is 2.28. The lowest BCUT2D eigenvalue weighted by Gasteiger charge is -2.38. The monoisotopic (exact) mass is 181 g/mol. The highest BCUT2D eigenvalue weighted by Crippen LogP contribution is 2.29. The highest BCUT2D eigenvalue weighted by atomic mass is 15.2. The van der Waals surface area contributed by atoms with Crippen molar-refractivity contribution < 1.29 is 0 Å². The van der Waals surface area contributed by atoms with E-state index in [9.17, 15) is 0 Å².